The summed E-state index contributed by atoms with van der Waals surface area (Å²) in [6, 6.07) is 5.85. The number of amides is 2. The molecule has 0 unspecified atom stereocenters. The van der Waals surface area contributed by atoms with E-state index >= 15 is 0 Å². The van der Waals surface area contributed by atoms with E-state index < -0.39 is 5.91 Å². The van der Waals surface area contributed by atoms with Crippen LogP contribution < -0.4 is 11.1 Å². The minimum atomic E-state index is -0.399. The highest BCUT2D eigenvalue weighted by molar-refractivity contribution is 7.99. The van der Waals surface area contributed by atoms with Crippen LogP contribution >= 0.6 is 11.8 Å². The molecule has 0 saturated carbocycles. The number of hydrogen-bond donors (Lipinski definition) is 2. The van der Waals surface area contributed by atoms with Crippen molar-refractivity contribution in [1.82, 2.24) is 19.3 Å². The highest BCUT2D eigenvalue weighted by Gasteiger charge is 2.21. The van der Waals surface area contributed by atoms with Crippen molar-refractivity contribution in [2.45, 2.75) is 58.8 Å². The molecule has 0 radical (unpaired) electrons. The lowest BCUT2D eigenvalue weighted by atomic mass is 10.2. The van der Waals surface area contributed by atoms with E-state index in [2.05, 4.69) is 35.4 Å². The van der Waals surface area contributed by atoms with E-state index in [4.69, 9.17) is 10.2 Å². The van der Waals surface area contributed by atoms with E-state index in [1.165, 1.54) is 11.8 Å². The molecule has 0 spiro atoms. The van der Waals surface area contributed by atoms with Crippen molar-refractivity contribution in [3.05, 3.63) is 46.8 Å². The Morgan fingerprint density at radius 1 is 1.29 bits per heavy atom. The average Bonchev–Trinajstić information content (AvgIpc) is 3.47. The van der Waals surface area contributed by atoms with E-state index in [0.29, 0.717) is 47.8 Å². The van der Waals surface area contributed by atoms with Gasteiger partial charge in [-0.1, -0.05) is 25.6 Å². The molecule has 3 aromatic rings. The lowest BCUT2D eigenvalue weighted by Gasteiger charge is -2.13. The maximum absolute atomic E-state index is 12.9. The van der Waals surface area contributed by atoms with Gasteiger partial charge in [-0.25, -0.2) is 0 Å². The van der Waals surface area contributed by atoms with E-state index in [-0.39, 0.29) is 18.1 Å². The van der Waals surface area contributed by atoms with Gasteiger partial charge in [0, 0.05) is 25.1 Å². The summed E-state index contributed by atoms with van der Waals surface area (Å²) in [5.41, 5.74) is 7.40. The standard InChI is InChI=1S/C23H29N7O3S/c1-14(2)11-30-20(8-7-19(25)31)27-28-23(30)34-13-21(32)26-22-18(10-24)15(3)16(4)29(22)12-17-6-5-9-33-17/h5-6,9,14H,7-8,11-13H2,1-4H3,(H2,25,31)(H,26,32). The number of carbonyl (C=O) groups is 2. The van der Waals surface area contributed by atoms with Gasteiger partial charge in [0.1, 0.15) is 23.5 Å². The normalized spacial score (nSPS) is 11.1. The van der Waals surface area contributed by atoms with Crippen LogP contribution in [-0.4, -0.2) is 36.9 Å². The van der Waals surface area contributed by atoms with Crippen molar-refractivity contribution in [3.8, 4) is 6.07 Å². The lowest BCUT2D eigenvalue weighted by Crippen LogP contribution is -2.19. The Labute approximate surface area is 202 Å². The Hall–Kier alpha value is -3.52. The van der Waals surface area contributed by atoms with Gasteiger partial charge in [0.05, 0.1) is 24.1 Å². The molecule has 3 heterocycles. The molecule has 10 nitrogen and oxygen atoms in total. The van der Waals surface area contributed by atoms with Crippen LogP contribution in [0, 0.1) is 31.1 Å². The number of nitriles is 1. The molecule has 0 atom stereocenters. The minimum absolute atomic E-state index is 0.0843. The Bertz CT molecular complexity index is 1200. The molecule has 0 fully saturated rings. The topological polar surface area (TPSA) is 145 Å². The molecule has 0 saturated heterocycles. The number of nitrogens with two attached hydrogens (primary N) is 1. The van der Waals surface area contributed by atoms with Crippen molar-refractivity contribution in [2.24, 2.45) is 11.7 Å². The molecular weight excluding hydrogens is 454 g/mol. The first-order valence-corrected chi connectivity index (χ1v) is 11.9. The Balaban J connectivity index is 1.76. The van der Waals surface area contributed by atoms with Crippen molar-refractivity contribution in [3.63, 3.8) is 0 Å². The number of nitrogens with one attached hydrogen (secondary N) is 1. The Morgan fingerprint density at radius 3 is 2.68 bits per heavy atom. The monoisotopic (exact) mass is 483 g/mol. The third kappa shape index (κ3) is 5.88. The van der Waals surface area contributed by atoms with E-state index in [1.807, 2.05) is 29.0 Å². The molecule has 34 heavy (non-hydrogen) atoms. The van der Waals surface area contributed by atoms with Crippen LogP contribution in [0.4, 0.5) is 5.82 Å². The Morgan fingerprint density at radius 2 is 2.06 bits per heavy atom. The number of aryl methyl sites for hydroxylation is 1. The van der Waals surface area contributed by atoms with Gasteiger partial charge >= 0.3 is 0 Å². The zero-order valence-corrected chi connectivity index (χ0v) is 20.6. The fraction of sp³-hybridized carbons (Fsp3) is 0.435. The number of furan rings is 1. The number of rotatable bonds is 11. The first-order valence-electron chi connectivity index (χ1n) is 11.0. The van der Waals surface area contributed by atoms with Gasteiger partial charge in [0.25, 0.3) is 0 Å². The number of aromatic nitrogens is 4. The number of thioether (sulfide) groups is 1. The van der Waals surface area contributed by atoms with Crippen LogP contribution in [0.3, 0.4) is 0 Å². The van der Waals surface area contributed by atoms with Crippen molar-refractivity contribution >= 4 is 29.4 Å². The summed E-state index contributed by atoms with van der Waals surface area (Å²) < 4.78 is 9.26. The Kier molecular flexibility index (Phi) is 8.17. The lowest BCUT2D eigenvalue weighted by molar-refractivity contribution is -0.118. The molecule has 2 amide bonds. The fourth-order valence-corrected chi connectivity index (χ4v) is 4.35. The van der Waals surface area contributed by atoms with Gasteiger partial charge in [-0.3, -0.25) is 9.59 Å². The quantitative estimate of drug-likeness (QED) is 0.399. The zero-order chi connectivity index (χ0) is 24.8. The van der Waals surface area contributed by atoms with Gasteiger partial charge in [-0.2, -0.15) is 5.26 Å². The van der Waals surface area contributed by atoms with E-state index in [1.54, 1.807) is 12.3 Å². The first-order chi connectivity index (χ1) is 16.2. The average molecular weight is 484 g/mol. The number of hydrogen-bond acceptors (Lipinski definition) is 7. The third-order valence-corrected chi connectivity index (χ3v) is 6.33. The van der Waals surface area contributed by atoms with Gasteiger partial charge in [0.15, 0.2) is 5.16 Å². The van der Waals surface area contributed by atoms with Crippen LogP contribution in [0.2, 0.25) is 0 Å². The number of nitrogens with zero attached hydrogens (tertiary/aromatic N) is 5. The zero-order valence-electron chi connectivity index (χ0n) is 19.8. The highest BCUT2D eigenvalue weighted by Crippen LogP contribution is 2.28. The van der Waals surface area contributed by atoms with Crippen LogP contribution in [0.5, 0.6) is 0 Å². The smallest absolute Gasteiger partial charge is 0.235 e. The number of anilines is 1. The van der Waals surface area contributed by atoms with Crippen molar-refractivity contribution in [1.29, 1.82) is 5.26 Å². The molecule has 0 aromatic carbocycles. The highest BCUT2D eigenvalue weighted by atomic mass is 32.2. The maximum Gasteiger partial charge on any atom is 0.235 e. The van der Waals surface area contributed by atoms with Crippen LogP contribution in [0.25, 0.3) is 0 Å². The van der Waals surface area contributed by atoms with Crippen LogP contribution in [0.1, 0.15) is 48.7 Å². The second kappa shape index (κ2) is 11.1. The molecule has 0 aliphatic carbocycles. The summed E-state index contributed by atoms with van der Waals surface area (Å²) in [4.78, 5) is 24.1. The summed E-state index contributed by atoms with van der Waals surface area (Å²) in [5.74, 6) is 1.58. The number of carbonyl (C=O) groups excluding carboxylic acids is 2. The fourth-order valence-electron chi connectivity index (χ4n) is 3.58. The second-order valence-corrected chi connectivity index (χ2v) is 9.36. The molecule has 11 heteroatoms. The summed E-state index contributed by atoms with van der Waals surface area (Å²) in [6.45, 7) is 8.97. The molecule has 0 bridgehead atoms. The predicted molar refractivity (Wildman–Crippen MR) is 128 cm³/mol. The molecule has 0 aliphatic heterocycles. The summed E-state index contributed by atoms with van der Waals surface area (Å²) >= 11 is 1.26. The summed E-state index contributed by atoms with van der Waals surface area (Å²) in [5, 5.41) is 21.6. The minimum Gasteiger partial charge on any atom is -0.467 e. The van der Waals surface area contributed by atoms with E-state index in [9.17, 15) is 14.9 Å². The summed E-state index contributed by atoms with van der Waals surface area (Å²) in [6.07, 6.45) is 2.17. The molecule has 3 rings (SSSR count). The SMILES string of the molecule is Cc1c(C#N)c(NC(=O)CSc2nnc(CCC(N)=O)n2CC(C)C)n(Cc2ccco2)c1C. The molecule has 3 N–H and O–H groups in total. The van der Waals surface area contributed by atoms with Crippen LogP contribution in [-0.2, 0) is 29.1 Å². The maximum atomic E-state index is 12.9. The first kappa shape index (κ1) is 25.1. The molecule has 180 valence electrons. The van der Waals surface area contributed by atoms with Gasteiger partial charge in [-0.15, -0.1) is 10.2 Å². The number of primary amides is 1. The predicted octanol–water partition coefficient (Wildman–Crippen LogP) is 3.01. The molecule has 3 aromatic heterocycles. The van der Waals surface area contributed by atoms with E-state index in [0.717, 1.165) is 17.0 Å². The largest absolute Gasteiger partial charge is 0.467 e. The van der Waals surface area contributed by atoms with Crippen LogP contribution in [0.15, 0.2) is 28.0 Å². The van der Waals surface area contributed by atoms with Gasteiger partial charge in [-0.05, 0) is 37.5 Å². The van der Waals surface area contributed by atoms with Gasteiger partial charge < -0.3 is 24.6 Å². The summed E-state index contributed by atoms with van der Waals surface area (Å²) in [7, 11) is 0. The molecular formula is C23H29N7O3S. The van der Waals surface area contributed by atoms with Gasteiger partial charge in [0.2, 0.25) is 11.8 Å². The third-order valence-electron chi connectivity index (χ3n) is 5.36. The van der Waals surface area contributed by atoms with Crippen molar-refractivity contribution in [2.75, 3.05) is 11.1 Å². The van der Waals surface area contributed by atoms with Crippen molar-refractivity contribution < 1.29 is 14.0 Å². The molecule has 0 aliphatic rings. The second-order valence-electron chi connectivity index (χ2n) is 8.42.